The summed E-state index contributed by atoms with van der Waals surface area (Å²) < 4.78 is 16.0. The maximum Gasteiger partial charge on any atom is 0.327 e. The molecular weight excluding hydrogens is 299 g/mol. The van der Waals surface area contributed by atoms with Crippen molar-refractivity contribution in [2.75, 3.05) is 0 Å². The van der Waals surface area contributed by atoms with E-state index in [1.165, 1.54) is 5.56 Å². The number of hydrogen-bond donors (Lipinski definition) is 0. The van der Waals surface area contributed by atoms with Gasteiger partial charge in [0.2, 0.25) is 0 Å². The standard InChI is InChI=1S/C13H10BrO2P/c14-13-7-5-12(6-8-13)11-3-1-10(2-4-11)9-16-17-15/h1-8H,9H2. The van der Waals surface area contributed by atoms with Crippen LogP contribution in [0, 0.1) is 0 Å². The van der Waals surface area contributed by atoms with E-state index in [-0.39, 0.29) is 8.69 Å². The van der Waals surface area contributed by atoms with Gasteiger partial charge < -0.3 is 0 Å². The van der Waals surface area contributed by atoms with E-state index < -0.39 is 0 Å². The van der Waals surface area contributed by atoms with Gasteiger partial charge in [0.1, 0.15) is 0 Å². The first kappa shape index (κ1) is 12.4. The van der Waals surface area contributed by atoms with Gasteiger partial charge in [0.05, 0.1) is 6.61 Å². The zero-order valence-corrected chi connectivity index (χ0v) is 11.4. The molecule has 0 atom stereocenters. The van der Waals surface area contributed by atoms with E-state index in [9.17, 15) is 4.57 Å². The molecule has 0 spiro atoms. The van der Waals surface area contributed by atoms with Gasteiger partial charge in [-0.2, -0.15) is 0 Å². The van der Waals surface area contributed by atoms with Crippen LogP contribution in [0.3, 0.4) is 0 Å². The monoisotopic (exact) mass is 308 g/mol. The molecule has 0 radical (unpaired) electrons. The van der Waals surface area contributed by atoms with E-state index in [0.29, 0.717) is 6.61 Å². The van der Waals surface area contributed by atoms with Crippen LogP contribution in [0.15, 0.2) is 53.0 Å². The van der Waals surface area contributed by atoms with Crippen molar-refractivity contribution in [2.45, 2.75) is 6.61 Å². The van der Waals surface area contributed by atoms with Crippen molar-refractivity contribution in [2.24, 2.45) is 0 Å². The molecule has 0 aliphatic heterocycles. The highest BCUT2D eigenvalue weighted by Crippen LogP contribution is 2.22. The second kappa shape index (κ2) is 6.06. The average Bonchev–Trinajstić information content (AvgIpc) is 2.38. The highest BCUT2D eigenvalue weighted by atomic mass is 79.9. The normalized spacial score (nSPS) is 10.6. The van der Waals surface area contributed by atoms with Gasteiger partial charge in [0, 0.05) is 4.47 Å². The van der Waals surface area contributed by atoms with Gasteiger partial charge in [0.25, 0.3) is 0 Å². The van der Waals surface area contributed by atoms with Crippen molar-refractivity contribution in [1.29, 1.82) is 0 Å². The van der Waals surface area contributed by atoms with Gasteiger partial charge in [-0.15, -0.1) is 0 Å². The van der Waals surface area contributed by atoms with E-state index in [2.05, 4.69) is 28.1 Å². The molecule has 0 saturated carbocycles. The van der Waals surface area contributed by atoms with Crippen LogP contribution < -0.4 is 0 Å². The number of rotatable bonds is 4. The number of halogens is 1. The fraction of sp³-hybridized carbons (Fsp3) is 0.0769. The molecular formula is C13H10BrO2P. The highest BCUT2D eigenvalue weighted by molar-refractivity contribution is 9.10. The van der Waals surface area contributed by atoms with Crippen molar-refractivity contribution < 1.29 is 9.09 Å². The molecule has 2 aromatic rings. The van der Waals surface area contributed by atoms with Gasteiger partial charge >= 0.3 is 8.69 Å². The molecule has 86 valence electrons. The van der Waals surface area contributed by atoms with E-state index in [1.807, 2.05) is 36.4 Å². The molecule has 2 rings (SSSR count). The third-order valence-electron chi connectivity index (χ3n) is 2.42. The molecule has 0 aliphatic rings. The molecule has 0 saturated heterocycles. The minimum absolute atomic E-state index is 0.280. The van der Waals surface area contributed by atoms with Gasteiger partial charge in [-0.05, 0) is 28.8 Å². The lowest BCUT2D eigenvalue weighted by Crippen LogP contribution is -1.84. The molecule has 0 heterocycles. The first-order valence-electron chi connectivity index (χ1n) is 5.09. The minimum atomic E-state index is -0.280. The number of benzene rings is 2. The molecule has 0 N–H and O–H groups in total. The van der Waals surface area contributed by atoms with Crippen LogP contribution in [0.25, 0.3) is 11.1 Å². The van der Waals surface area contributed by atoms with E-state index in [4.69, 9.17) is 4.52 Å². The van der Waals surface area contributed by atoms with Gasteiger partial charge in [-0.1, -0.05) is 52.3 Å². The summed E-state index contributed by atoms with van der Waals surface area (Å²) in [6.07, 6.45) is 0. The van der Waals surface area contributed by atoms with Gasteiger partial charge in [-0.25, -0.2) is 4.57 Å². The SMILES string of the molecule is O=POCc1ccc(-c2ccc(Br)cc2)cc1. The number of hydrogen-bond acceptors (Lipinski definition) is 2. The second-order valence-electron chi connectivity index (χ2n) is 3.55. The average molecular weight is 309 g/mol. The lowest BCUT2D eigenvalue weighted by atomic mass is 10.0. The maximum absolute atomic E-state index is 10.2. The maximum atomic E-state index is 10.2. The van der Waals surface area contributed by atoms with Crippen molar-refractivity contribution >= 4 is 24.6 Å². The Morgan fingerprint density at radius 2 is 1.47 bits per heavy atom. The van der Waals surface area contributed by atoms with E-state index >= 15 is 0 Å². The summed E-state index contributed by atoms with van der Waals surface area (Å²) in [4.78, 5) is 0. The first-order chi connectivity index (χ1) is 8.29. The lowest BCUT2D eigenvalue weighted by Gasteiger charge is -2.03. The van der Waals surface area contributed by atoms with Crippen LogP contribution in [-0.4, -0.2) is 0 Å². The molecule has 2 nitrogen and oxygen atoms in total. The third kappa shape index (κ3) is 3.47. The van der Waals surface area contributed by atoms with Crippen molar-refractivity contribution in [1.82, 2.24) is 0 Å². The Morgan fingerprint density at radius 1 is 0.941 bits per heavy atom. The molecule has 4 heteroatoms. The molecule has 0 fully saturated rings. The Balaban J connectivity index is 2.17. The summed E-state index contributed by atoms with van der Waals surface area (Å²) in [6, 6.07) is 16.2. The predicted molar refractivity (Wildman–Crippen MR) is 72.0 cm³/mol. The van der Waals surface area contributed by atoms with Gasteiger partial charge in [0.15, 0.2) is 0 Å². The molecule has 17 heavy (non-hydrogen) atoms. The smallest absolute Gasteiger partial charge is 0.290 e. The minimum Gasteiger partial charge on any atom is -0.290 e. The molecule has 0 aromatic heterocycles. The summed E-state index contributed by atoms with van der Waals surface area (Å²) in [5, 5.41) is 0. The van der Waals surface area contributed by atoms with Crippen molar-refractivity contribution in [3.63, 3.8) is 0 Å². The first-order valence-corrected chi connectivity index (χ1v) is 6.61. The van der Waals surface area contributed by atoms with E-state index in [1.54, 1.807) is 0 Å². The van der Waals surface area contributed by atoms with Crippen molar-refractivity contribution in [3.05, 3.63) is 58.6 Å². The van der Waals surface area contributed by atoms with Crippen LogP contribution in [0.4, 0.5) is 0 Å². The Labute approximate surface area is 110 Å². The molecule has 0 bridgehead atoms. The van der Waals surface area contributed by atoms with Crippen LogP contribution in [0.1, 0.15) is 5.56 Å². The predicted octanol–water partition coefficient (Wildman–Crippen LogP) is 4.84. The molecule has 2 aromatic carbocycles. The summed E-state index contributed by atoms with van der Waals surface area (Å²) in [5.74, 6) is 0. The Bertz CT molecular complexity index is 494. The van der Waals surface area contributed by atoms with Crippen molar-refractivity contribution in [3.8, 4) is 11.1 Å². The fourth-order valence-electron chi connectivity index (χ4n) is 1.54. The Morgan fingerprint density at radius 3 is 2.00 bits per heavy atom. The van der Waals surface area contributed by atoms with Crippen LogP contribution in [-0.2, 0) is 15.7 Å². The zero-order chi connectivity index (χ0) is 12.1. The van der Waals surface area contributed by atoms with Crippen LogP contribution >= 0.6 is 24.6 Å². The lowest BCUT2D eigenvalue weighted by molar-refractivity contribution is 0.332. The molecule has 0 amide bonds. The topological polar surface area (TPSA) is 26.3 Å². The van der Waals surface area contributed by atoms with E-state index in [0.717, 1.165) is 15.6 Å². The summed E-state index contributed by atoms with van der Waals surface area (Å²) in [5.41, 5.74) is 3.33. The molecule has 0 aliphatic carbocycles. The third-order valence-corrected chi connectivity index (χ3v) is 3.18. The van der Waals surface area contributed by atoms with Crippen LogP contribution in [0.2, 0.25) is 0 Å². The largest absolute Gasteiger partial charge is 0.327 e. The fourth-order valence-corrected chi connectivity index (χ4v) is 2.00. The summed E-state index contributed by atoms with van der Waals surface area (Å²) in [7, 11) is -0.280. The summed E-state index contributed by atoms with van der Waals surface area (Å²) >= 11 is 3.41. The second-order valence-corrected chi connectivity index (χ2v) is 4.87. The Kier molecular flexibility index (Phi) is 4.43. The zero-order valence-electron chi connectivity index (χ0n) is 8.97. The quantitative estimate of drug-likeness (QED) is 0.755. The Hall–Kier alpha value is -1.02. The highest BCUT2D eigenvalue weighted by Gasteiger charge is 1.98. The van der Waals surface area contributed by atoms with Gasteiger partial charge in [-0.3, -0.25) is 4.52 Å². The van der Waals surface area contributed by atoms with Crippen LogP contribution in [0.5, 0.6) is 0 Å². The molecule has 0 unspecified atom stereocenters. The summed E-state index contributed by atoms with van der Waals surface area (Å²) in [6.45, 7) is 0.367.